The fourth-order valence-electron chi connectivity index (χ4n) is 3.54. The van der Waals surface area contributed by atoms with Crippen LogP contribution in [0.3, 0.4) is 0 Å². The molecule has 2 N–H and O–H groups in total. The molecule has 3 heterocycles. The van der Waals surface area contributed by atoms with Crippen molar-refractivity contribution in [2.24, 2.45) is 5.92 Å². The van der Waals surface area contributed by atoms with Crippen LogP contribution < -0.4 is 5.32 Å². The lowest BCUT2D eigenvalue weighted by Gasteiger charge is -2.31. The molecule has 1 saturated heterocycles. The summed E-state index contributed by atoms with van der Waals surface area (Å²) >= 11 is 0. The number of likely N-dealkylation sites (tertiary alicyclic amines) is 1. The van der Waals surface area contributed by atoms with E-state index in [1.54, 1.807) is 36.2 Å². The molecule has 0 saturated carbocycles. The summed E-state index contributed by atoms with van der Waals surface area (Å²) in [6.07, 6.45) is 3.05. The molecule has 7 nitrogen and oxygen atoms in total. The Balaban J connectivity index is 1.42. The average Bonchev–Trinajstić information content (AvgIpc) is 3.27. The molecular formula is C22H22FN5O2. The number of H-pyrrole nitrogens is 1. The predicted octanol–water partition coefficient (Wildman–Crippen LogP) is 3.41. The smallest absolute Gasteiger partial charge is 0.271 e. The lowest BCUT2D eigenvalue weighted by molar-refractivity contribution is -0.121. The Labute approximate surface area is 173 Å². The molecule has 0 radical (unpaired) electrons. The van der Waals surface area contributed by atoms with Crippen molar-refractivity contribution < 1.29 is 14.0 Å². The molecule has 30 heavy (non-hydrogen) atoms. The zero-order valence-electron chi connectivity index (χ0n) is 16.6. The summed E-state index contributed by atoms with van der Waals surface area (Å²) in [6, 6.07) is 11.8. The fraction of sp³-hybridized carbons (Fsp3) is 0.273. The van der Waals surface area contributed by atoms with Crippen LogP contribution in [-0.4, -0.2) is 45.0 Å². The standard InChI is InChI=1S/C22H22FN5O2/c1-14-7-8-16(11-17(14)23)25-21(29)15-5-4-10-28(13-15)22(30)20-12-19(26-27-20)18-6-2-3-9-24-18/h2-3,6-9,11-12,15H,4-5,10,13H2,1H3,(H,25,29)(H,26,27). The van der Waals surface area contributed by atoms with E-state index in [4.69, 9.17) is 0 Å². The van der Waals surface area contributed by atoms with Crippen LogP contribution in [-0.2, 0) is 4.79 Å². The number of rotatable bonds is 4. The summed E-state index contributed by atoms with van der Waals surface area (Å²) < 4.78 is 13.7. The SMILES string of the molecule is Cc1ccc(NC(=O)C2CCCN(C(=O)c3cc(-c4ccccn4)n[nH]3)C2)cc1F. The van der Waals surface area contributed by atoms with Gasteiger partial charge in [0.05, 0.1) is 11.6 Å². The lowest BCUT2D eigenvalue weighted by Crippen LogP contribution is -2.43. The number of aromatic amines is 1. The third-order valence-electron chi connectivity index (χ3n) is 5.25. The van der Waals surface area contributed by atoms with Gasteiger partial charge in [-0.05, 0) is 55.7 Å². The number of halogens is 1. The Morgan fingerprint density at radius 1 is 1.20 bits per heavy atom. The van der Waals surface area contributed by atoms with Crippen molar-refractivity contribution in [2.45, 2.75) is 19.8 Å². The van der Waals surface area contributed by atoms with Crippen LogP contribution >= 0.6 is 0 Å². The summed E-state index contributed by atoms with van der Waals surface area (Å²) in [7, 11) is 0. The molecule has 154 valence electrons. The second kappa shape index (κ2) is 8.44. The van der Waals surface area contributed by atoms with E-state index in [0.717, 1.165) is 0 Å². The third-order valence-corrected chi connectivity index (χ3v) is 5.25. The van der Waals surface area contributed by atoms with E-state index < -0.39 is 0 Å². The average molecular weight is 407 g/mol. The van der Waals surface area contributed by atoms with Gasteiger partial charge in [0.1, 0.15) is 17.2 Å². The minimum Gasteiger partial charge on any atom is -0.337 e. The summed E-state index contributed by atoms with van der Waals surface area (Å²) in [5, 5.41) is 9.71. The minimum absolute atomic E-state index is 0.205. The van der Waals surface area contributed by atoms with Crippen LogP contribution in [0.15, 0.2) is 48.7 Å². The van der Waals surface area contributed by atoms with Crippen LogP contribution in [0.5, 0.6) is 0 Å². The Hall–Kier alpha value is -3.55. The van der Waals surface area contributed by atoms with Gasteiger partial charge in [0.25, 0.3) is 5.91 Å². The molecule has 4 rings (SSSR count). The van der Waals surface area contributed by atoms with Gasteiger partial charge in [-0.15, -0.1) is 0 Å². The molecule has 8 heteroatoms. The molecule has 1 aliphatic rings. The highest BCUT2D eigenvalue weighted by atomic mass is 19.1. The topological polar surface area (TPSA) is 91.0 Å². The van der Waals surface area contributed by atoms with Crippen molar-refractivity contribution in [2.75, 3.05) is 18.4 Å². The second-order valence-corrected chi connectivity index (χ2v) is 7.43. The number of piperidine rings is 1. The van der Waals surface area contributed by atoms with Crippen LogP contribution in [0.25, 0.3) is 11.4 Å². The maximum absolute atomic E-state index is 13.7. The van der Waals surface area contributed by atoms with Crippen molar-refractivity contribution in [1.29, 1.82) is 0 Å². The molecule has 0 bridgehead atoms. The second-order valence-electron chi connectivity index (χ2n) is 7.43. The van der Waals surface area contributed by atoms with Crippen molar-refractivity contribution in [3.63, 3.8) is 0 Å². The van der Waals surface area contributed by atoms with Crippen molar-refractivity contribution in [3.8, 4) is 11.4 Å². The molecule has 3 aromatic rings. The molecule has 0 aliphatic carbocycles. The quantitative estimate of drug-likeness (QED) is 0.693. The lowest BCUT2D eigenvalue weighted by atomic mass is 9.96. The molecule has 2 aromatic heterocycles. The molecule has 1 atom stereocenters. The van der Waals surface area contributed by atoms with E-state index in [0.29, 0.717) is 54.3 Å². The van der Waals surface area contributed by atoms with E-state index in [9.17, 15) is 14.0 Å². The van der Waals surface area contributed by atoms with Gasteiger partial charge in [-0.2, -0.15) is 5.10 Å². The highest BCUT2D eigenvalue weighted by Crippen LogP contribution is 2.22. The number of nitrogens with zero attached hydrogens (tertiary/aromatic N) is 3. The number of aryl methyl sites for hydroxylation is 1. The fourth-order valence-corrected chi connectivity index (χ4v) is 3.54. The third kappa shape index (κ3) is 4.22. The monoisotopic (exact) mass is 407 g/mol. The number of hydrogen-bond donors (Lipinski definition) is 2. The van der Waals surface area contributed by atoms with Gasteiger partial charge in [0.15, 0.2) is 0 Å². The first-order valence-corrected chi connectivity index (χ1v) is 9.84. The van der Waals surface area contributed by atoms with Crippen LogP contribution in [0.4, 0.5) is 10.1 Å². The van der Waals surface area contributed by atoms with Gasteiger partial charge < -0.3 is 10.2 Å². The number of amides is 2. The summed E-state index contributed by atoms with van der Waals surface area (Å²) in [5.74, 6) is -1.14. The number of carbonyl (C=O) groups is 2. The van der Waals surface area contributed by atoms with Gasteiger partial charge in [0.2, 0.25) is 5.91 Å². The molecule has 1 fully saturated rings. The highest BCUT2D eigenvalue weighted by molar-refractivity contribution is 5.95. The van der Waals surface area contributed by atoms with Gasteiger partial charge >= 0.3 is 0 Å². The largest absolute Gasteiger partial charge is 0.337 e. The summed E-state index contributed by atoms with van der Waals surface area (Å²) in [4.78, 5) is 31.4. The Bertz CT molecular complexity index is 1070. The number of aromatic nitrogens is 3. The maximum atomic E-state index is 13.7. The van der Waals surface area contributed by atoms with E-state index in [1.807, 2.05) is 18.2 Å². The number of pyridine rings is 1. The van der Waals surface area contributed by atoms with E-state index in [2.05, 4.69) is 20.5 Å². The Morgan fingerprint density at radius 3 is 2.83 bits per heavy atom. The normalized spacial score (nSPS) is 16.3. The highest BCUT2D eigenvalue weighted by Gasteiger charge is 2.30. The van der Waals surface area contributed by atoms with E-state index in [-0.39, 0.29) is 23.5 Å². The first-order chi connectivity index (χ1) is 14.5. The number of nitrogens with one attached hydrogen (secondary N) is 2. The van der Waals surface area contributed by atoms with Gasteiger partial charge in [-0.1, -0.05) is 12.1 Å². The molecule has 1 aliphatic heterocycles. The van der Waals surface area contributed by atoms with E-state index in [1.165, 1.54) is 6.07 Å². The number of carbonyl (C=O) groups excluding carboxylic acids is 2. The maximum Gasteiger partial charge on any atom is 0.271 e. The minimum atomic E-state index is -0.365. The Kier molecular flexibility index (Phi) is 5.56. The number of anilines is 1. The van der Waals surface area contributed by atoms with Crippen molar-refractivity contribution in [1.82, 2.24) is 20.1 Å². The summed E-state index contributed by atoms with van der Waals surface area (Å²) in [5.41, 5.74) is 2.56. The molecule has 1 aromatic carbocycles. The molecule has 2 amide bonds. The summed E-state index contributed by atoms with van der Waals surface area (Å²) in [6.45, 7) is 2.54. The van der Waals surface area contributed by atoms with Crippen LogP contribution in [0, 0.1) is 18.7 Å². The Morgan fingerprint density at radius 2 is 2.07 bits per heavy atom. The first-order valence-electron chi connectivity index (χ1n) is 9.84. The zero-order valence-corrected chi connectivity index (χ0v) is 16.6. The van der Waals surface area contributed by atoms with Gasteiger partial charge in [0, 0.05) is 25.0 Å². The van der Waals surface area contributed by atoms with Crippen LogP contribution in [0.1, 0.15) is 28.9 Å². The predicted molar refractivity (Wildman–Crippen MR) is 110 cm³/mol. The van der Waals surface area contributed by atoms with Crippen LogP contribution in [0.2, 0.25) is 0 Å². The van der Waals surface area contributed by atoms with Gasteiger partial charge in [-0.25, -0.2) is 4.39 Å². The van der Waals surface area contributed by atoms with Crippen molar-refractivity contribution >= 4 is 17.5 Å². The van der Waals surface area contributed by atoms with E-state index >= 15 is 0 Å². The number of hydrogen-bond acceptors (Lipinski definition) is 4. The first kappa shape index (κ1) is 19.8. The molecule has 0 spiro atoms. The van der Waals surface area contributed by atoms with Gasteiger partial charge in [-0.3, -0.25) is 19.7 Å². The molecule has 1 unspecified atom stereocenters. The zero-order chi connectivity index (χ0) is 21.1. The molecular weight excluding hydrogens is 385 g/mol. The number of benzene rings is 1. The van der Waals surface area contributed by atoms with Crippen molar-refractivity contribution in [3.05, 3.63) is 65.7 Å².